The van der Waals surface area contributed by atoms with Crippen molar-refractivity contribution in [3.63, 3.8) is 0 Å². The maximum absolute atomic E-state index is 3.90. The Hall–Kier alpha value is -0.470. The minimum atomic E-state index is 0.585. The molecule has 1 unspecified atom stereocenters. The van der Waals surface area contributed by atoms with Gasteiger partial charge in [0.1, 0.15) is 0 Å². The van der Waals surface area contributed by atoms with Gasteiger partial charge in [0.25, 0.3) is 0 Å². The Morgan fingerprint density at radius 2 is 2.05 bits per heavy atom. The number of rotatable bonds is 4. The highest BCUT2D eigenvalue weighted by molar-refractivity contribution is 7.99. The van der Waals surface area contributed by atoms with Crippen LogP contribution in [0.5, 0.6) is 0 Å². The van der Waals surface area contributed by atoms with Crippen molar-refractivity contribution in [2.75, 3.05) is 12.3 Å². The second-order valence-corrected chi connectivity index (χ2v) is 7.31. The van der Waals surface area contributed by atoms with E-state index in [9.17, 15) is 0 Å². The van der Waals surface area contributed by atoms with Crippen LogP contribution in [0.1, 0.15) is 57.1 Å². The van der Waals surface area contributed by atoms with Crippen molar-refractivity contribution in [1.82, 2.24) is 5.32 Å². The molecule has 1 heterocycles. The Bertz CT molecular complexity index is 423. The number of hydrogen-bond donors (Lipinski definition) is 1. The third-order valence-corrected chi connectivity index (χ3v) is 6.22. The maximum Gasteiger partial charge on any atom is 0.0339 e. The van der Waals surface area contributed by atoms with Gasteiger partial charge in [-0.25, -0.2) is 0 Å². The maximum atomic E-state index is 3.90. The lowest BCUT2D eigenvalue weighted by atomic mass is 9.83. The van der Waals surface area contributed by atoms with Crippen LogP contribution in [0.2, 0.25) is 0 Å². The van der Waals surface area contributed by atoms with Gasteiger partial charge < -0.3 is 5.32 Å². The van der Waals surface area contributed by atoms with Crippen molar-refractivity contribution < 1.29 is 0 Å². The molecule has 2 heteroatoms. The summed E-state index contributed by atoms with van der Waals surface area (Å²) >= 11 is 2.02. The van der Waals surface area contributed by atoms with Crippen molar-refractivity contribution in [3.05, 3.63) is 29.8 Å². The Balaban J connectivity index is 1.68. The summed E-state index contributed by atoms with van der Waals surface area (Å²) in [4.78, 5) is 1.49. The quantitative estimate of drug-likeness (QED) is 0.848. The standard InChI is InChI=1S/C17H25NS/c1-2-17(10-5-6-11-17)13-18-15-9-12-19-16-8-4-3-7-14(15)16/h3-4,7-8,15,18H,2,5-6,9-13H2,1H3. The first-order valence-corrected chi connectivity index (χ1v) is 8.77. The predicted molar refractivity (Wildman–Crippen MR) is 83.7 cm³/mol. The summed E-state index contributed by atoms with van der Waals surface area (Å²) in [5.41, 5.74) is 2.13. The van der Waals surface area contributed by atoms with Crippen molar-refractivity contribution in [1.29, 1.82) is 0 Å². The van der Waals surface area contributed by atoms with Gasteiger partial charge in [0, 0.05) is 17.5 Å². The van der Waals surface area contributed by atoms with E-state index in [2.05, 4.69) is 36.5 Å². The molecule has 1 fully saturated rings. The summed E-state index contributed by atoms with van der Waals surface area (Å²) in [6, 6.07) is 9.52. The summed E-state index contributed by atoms with van der Waals surface area (Å²) in [6.45, 7) is 3.59. The van der Waals surface area contributed by atoms with Crippen LogP contribution in [0, 0.1) is 5.41 Å². The summed E-state index contributed by atoms with van der Waals surface area (Å²) in [5.74, 6) is 1.26. The predicted octanol–water partition coefficient (Wildman–Crippen LogP) is 4.78. The fraction of sp³-hybridized carbons (Fsp3) is 0.647. The molecule has 1 aliphatic carbocycles. The zero-order valence-electron chi connectivity index (χ0n) is 12.0. The van der Waals surface area contributed by atoms with E-state index in [1.165, 1.54) is 61.3 Å². The summed E-state index contributed by atoms with van der Waals surface area (Å²) in [7, 11) is 0. The van der Waals surface area contributed by atoms with Crippen LogP contribution in [0.4, 0.5) is 0 Å². The molecule has 0 radical (unpaired) electrons. The molecule has 1 nitrogen and oxygen atoms in total. The van der Waals surface area contributed by atoms with Crippen LogP contribution >= 0.6 is 11.8 Å². The molecule has 1 N–H and O–H groups in total. The van der Waals surface area contributed by atoms with Gasteiger partial charge in [0.15, 0.2) is 0 Å². The van der Waals surface area contributed by atoms with Crippen molar-refractivity contribution in [2.45, 2.75) is 56.4 Å². The molecule has 19 heavy (non-hydrogen) atoms. The van der Waals surface area contributed by atoms with Gasteiger partial charge in [-0.1, -0.05) is 38.0 Å². The number of benzene rings is 1. The van der Waals surface area contributed by atoms with Gasteiger partial charge in [0.05, 0.1) is 0 Å². The van der Waals surface area contributed by atoms with Gasteiger partial charge in [-0.2, -0.15) is 0 Å². The zero-order chi connectivity index (χ0) is 13.1. The van der Waals surface area contributed by atoms with Crippen LogP contribution < -0.4 is 5.32 Å². The van der Waals surface area contributed by atoms with E-state index in [1.807, 2.05) is 11.8 Å². The second-order valence-electron chi connectivity index (χ2n) is 6.17. The average molecular weight is 275 g/mol. The molecular weight excluding hydrogens is 250 g/mol. The summed E-state index contributed by atoms with van der Waals surface area (Å²) < 4.78 is 0. The monoisotopic (exact) mass is 275 g/mol. The highest BCUT2D eigenvalue weighted by Gasteiger charge is 2.32. The normalized spacial score (nSPS) is 25.2. The lowest BCUT2D eigenvalue weighted by Gasteiger charge is -2.33. The van der Waals surface area contributed by atoms with Gasteiger partial charge in [-0.15, -0.1) is 11.8 Å². The Morgan fingerprint density at radius 3 is 2.84 bits per heavy atom. The lowest BCUT2D eigenvalue weighted by Crippen LogP contribution is -2.35. The van der Waals surface area contributed by atoms with E-state index in [4.69, 9.17) is 0 Å². The van der Waals surface area contributed by atoms with Crippen molar-refractivity contribution in [3.8, 4) is 0 Å². The van der Waals surface area contributed by atoms with E-state index >= 15 is 0 Å². The number of nitrogens with one attached hydrogen (secondary N) is 1. The molecule has 3 rings (SSSR count). The van der Waals surface area contributed by atoms with E-state index in [-0.39, 0.29) is 0 Å². The lowest BCUT2D eigenvalue weighted by molar-refractivity contribution is 0.254. The van der Waals surface area contributed by atoms with Gasteiger partial charge >= 0.3 is 0 Å². The number of fused-ring (bicyclic) bond motifs is 1. The number of thioether (sulfide) groups is 1. The molecule has 0 spiro atoms. The Morgan fingerprint density at radius 1 is 1.26 bits per heavy atom. The minimum Gasteiger partial charge on any atom is -0.309 e. The second kappa shape index (κ2) is 5.88. The molecule has 0 bridgehead atoms. The molecule has 0 saturated heterocycles. The van der Waals surface area contributed by atoms with Gasteiger partial charge in [-0.3, -0.25) is 0 Å². The van der Waals surface area contributed by atoms with E-state index in [0.29, 0.717) is 11.5 Å². The van der Waals surface area contributed by atoms with Crippen LogP contribution in [-0.2, 0) is 0 Å². The number of hydrogen-bond acceptors (Lipinski definition) is 2. The summed E-state index contributed by atoms with van der Waals surface area (Å²) in [6.07, 6.45) is 8.35. The summed E-state index contributed by atoms with van der Waals surface area (Å²) in [5, 5.41) is 3.90. The average Bonchev–Trinajstić information content (AvgIpc) is 2.94. The van der Waals surface area contributed by atoms with Crippen LogP contribution in [0.15, 0.2) is 29.2 Å². The third kappa shape index (κ3) is 2.85. The van der Waals surface area contributed by atoms with Gasteiger partial charge in [-0.05, 0) is 48.5 Å². The molecule has 1 atom stereocenters. The molecule has 1 saturated carbocycles. The van der Waals surface area contributed by atoms with Crippen LogP contribution in [-0.4, -0.2) is 12.3 Å². The molecule has 2 aliphatic rings. The van der Waals surface area contributed by atoms with Crippen LogP contribution in [0.25, 0.3) is 0 Å². The largest absolute Gasteiger partial charge is 0.309 e. The molecular formula is C17H25NS. The highest BCUT2D eigenvalue weighted by Crippen LogP contribution is 2.42. The fourth-order valence-electron chi connectivity index (χ4n) is 3.67. The SMILES string of the molecule is CCC1(CNC2CCSc3ccccc32)CCCC1. The van der Waals surface area contributed by atoms with E-state index < -0.39 is 0 Å². The van der Waals surface area contributed by atoms with E-state index in [1.54, 1.807) is 0 Å². The molecule has 104 valence electrons. The molecule has 0 aromatic heterocycles. The molecule has 1 aromatic carbocycles. The minimum absolute atomic E-state index is 0.585. The van der Waals surface area contributed by atoms with E-state index in [0.717, 1.165) is 0 Å². The fourth-order valence-corrected chi connectivity index (χ4v) is 4.80. The molecule has 0 amide bonds. The third-order valence-electron chi connectivity index (χ3n) is 5.10. The topological polar surface area (TPSA) is 12.0 Å². The molecule has 1 aromatic rings. The van der Waals surface area contributed by atoms with Crippen molar-refractivity contribution >= 4 is 11.8 Å². The van der Waals surface area contributed by atoms with Crippen LogP contribution in [0.3, 0.4) is 0 Å². The highest BCUT2D eigenvalue weighted by atomic mass is 32.2. The first kappa shape index (κ1) is 13.5. The van der Waals surface area contributed by atoms with Gasteiger partial charge in [0.2, 0.25) is 0 Å². The smallest absolute Gasteiger partial charge is 0.0339 e. The Labute approximate surface area is 121 Å². The molecule has 1 aliphatic heterocycles. The Kier molecular flexibility index (Phi) is 4.18. The van der Waals surface area contributed by atoms with Crippen molar-refractivity contribution in [2.24, 2.45) is 5.41 Å². The first-order chi connectivity index (χ1) is 9.33. The zero-order valence-corrected chi connectivity index (χ0v) is 12.8. The first-order valence-electron chi connectivity index (χ1n) is 7.78.